The number of amides is 2. The molecule has 0 saturated heterocycles. The topological polar surface area (TPSA) is 58.2 Å². The van der Waals surface area contributed by atoms with Gasteiger partial charge >= 0.3 is 0 Å². The van der Waals surface area contributed by atoms with E-state index in [0.717, 1.165) is 18.4 Å². The van der Waals surface area contributed by atoms with Crippen LogP contribution in [0.5, 0.6) is 0 Å². The molecule has 1 saturated carbocycles. The van der Waals surface area contributed by atoms with Gasteiger partial charge in [0, 0.05) is 11.6 Å². The van der Waals surface area contributed by atoms with Crippen molar-refractivity contribution in [3.63, 3.8) is 0 Å². The molecule has 1 fully saturated rings. The summed E-state index contributed by atoms with van der Waals surface area (Å²) in [7, 11) is 0. The fourth-order valence-corrected chi connectivity index (χ4v) is 3.14. The molecule has 2 N–H and O–H groups in total. The van der Waals surface area contributed by atoms with Crippen molar-refractivity contribution in [3.8, 4) is 0 Å². The van der Waals surface area contributed by atoms with Crippen molar-refractivity contribution in [2.24, 2.45) is 5.92 Å². The number of benzene rings is 1. The second-order valence-electron chi connectivity index (χ2n) is 6.96. The van der Waals surface area contributed by atoms with Gasteiger partial charge in [-0.25, -0.2) is 0 Å². The van der Waals surface area contributed by atoms with Gasteiger partial charge < -0.3 is 10.6 Å². The molecule has 126 valence electrons. The Balaban J connectivity index is 2.03. The summed E-state index contributed by atoms with van der Waals surface area (Å²) < 4.78 is 0. The van der Waals surface area contributed by atoms with Gasteiger partial charge in [0.1, 0.15) is 6.04 Å². The van der Waals surface area contributed by atoms with Gasteiger partial charge in [0.25, 0.3) is 5.91 Å². The van der Waals surface area contributed by atoms with Gasteiger partial charge in [-0.05, 0) is 43.7 Å². The molecule has 0 aliphatic heterocycles. The molecule has 1 aliphatic rings. The Morgan fingerprint density at radius 3 is 2.43 bits per heavy atom. The van der Waals surface area contributed by atoms with E-state index >= 15 is 0 Å². The molecule has 0 radical (unpaired) electrons. The normalized spacial score (nSPS) is 16.3. The number of aryl methyl sites for hydroxylation is 1. The Morgan fingerprint density at radius 1 is 1.17 bits per heavy atom. The molecule has 1 aromatic rings. The summed E-state index contributed by atoms with van der Waals surface area (Å²) >= 11 is 0. The summed E-state index contributed by atoms with van der Waals surface area (Å²) in [5.74, 6) is 0.120. The molecule has 2 rings (SSSR count). The molecule has 0 spiro atoms. The van der Waals surface area contributed by atoms with Crippen molar-refractivity contribution in [1.29, 1.82) is 0 Å². The lowest BCUT2D eigenvalue weighted by molar-refractivity contribution is -0.124. The lowest BCUT2D eigenvalue weighted by Gasteiger charge is -2.22. The largest absolute Gasteiger partial charge is 0.352 e. The predicted molar refractivity (Wildman–Crippen MR) is 92.3 cm³/mol. The van der Waals surface area contributed by atoms with Crippen LogP contribution in [0.4, 0.5) is 0 Å². The molecule has 0 aromatic heterocycles. The van der Waals surface area contributed by atoms with Crippen LogP contribution in [0.25, 0.3) is 0 Å². The van der Waals surface area contributed by atoms with Crippen molar-refractivity contribution in [1.82, 2.24) is 10.6 Å². The number of nitrogens with one attached hydrogen (secondary N) is 2. The highest BCUT2D eigenvalue weighted by molar-refractivity contribution is 5.98. The minimum atomic E-state index is -0.470. The van der Waals surface area contributed by atoms with Crippen LogP contribution in [0.1, 0.15) is 61.9 Å². The summed E-state index contributed by atoms with van der Waals surface area (Å²) in [5, 5.41) is 6.03. The third kappa shape index (κ3) is 5.08. The van der Waals surface area contributed by atoms with Crippen molar-refractivity contribution in [2.75, 3.05) is 0 Å². The van der Waals surface area contributed by atoms with E-state index in [1.54, 1.807) is 6.07 Å². The van der Waals surface area contributed by atoms with E-state index in [-0.39, 0.29) is 17.9 Å². The second-order valence-corrected chi connectivity index (χ2v) is 6.96. The Hall–Kier alpha value is -1.84. The maximum Gasteiger partial charge on any atom is 0.252 e. The highest BCUT2D eigenvalue weighted by Crippen LogP contribution is 2.18. The zero-order valence-corrected chi connectivity index (χ0v) is 14.4. The van der Waals surface area contributed by atoms with E-state index in [2.05, 4.69) is 24.5 Å². The molecule has 2 amide bonds. The molecular weight excluding hydrogens is 288 g/mol. The zero-order chi connectivity index (χ0) is 16.8. The molecule has 4 nitrogen and oxygen atoms in total. The molecule has 1 unspecified atom stereocenters. The van der Waals surface area contributed by atoms with E-state index in [4.69, 9.17) is 0 Å². The summed E-state index contributed by atoms with van der Waals surface area (Å²) in [5.41, 5.74) is 1.56. The molecule has 0 heterocycles. The second kappa shape index (κ2) is 8.14. The number of hydrogen-bond donors (Lipinski definition) is 2. The van der Waals surface area contributed by atoms with Crippen molar-refractivity contribution < 1.29 is 9.59 Å². The van der Waals surface area contributed by atoms with Crippen molar-refractivity contribution >= 4 is 11.8 Å². The first-order valence-corrected chi connectivity index (χ1v) is 8.64. The van der Waals surface area contributed by atoms with E-state index in [9.17, 15) is 9.59 Å². The van der Waals surface area contributed by atoms with Crippen molar-refractivity contribution in [2.45, 2.75) is 65.0 Å². The van der Waals surface area contributed by atoms with Gasteiger partial charge in [-0.3, -0.25) is 9.59 Å². The van der Waals surface area contributed by atoms with Gasteiger partial charge in [0.15, 0.2) is 0 Å². The molecule has 0 bridgehead atoms. The number of carbonyl (C=O) groups excluding carboxylic acids is 2. The van der Waals surface area contributed by atoms with Crippen LogP contribution in [0, 0.1) is 12.8 Å². The minimum Gasteiger partial charge on any atom is -0.352 e. The number of carbonyl (C=O) groups is 2. The lowest BCUT2D eigenvalue weighted by Crippen LogP contribution is -2.49. The van der Waals surface area contributed by atoms with E-state index in [0.29, 0.717) is 17.9 Å². The molecule has 23 heavy (non-hydrogen) atoms. The summed E-state index contributed by atoms with van der Waals surface area (Å²) in [6.07, 6.45) is 5.10. The Kier molecular flexibility index (Phi) is 6.20. The SMILES string of the molecule is Cc1ccccc1C(=O)NC(CC(C)C)C(=O)NC1CCCC1. The van der Waals surface area contributed by atoms with Crippen LogP contribution >= 0.6 is 0 Å². The molecular formula is C19H28N2O2. The van der Waals surface area contributed by atoms with Gasteiger partial charge in [-0.15, -0.1) is 0 Å². The molecule has 1 aromatic carbocycles. The number of rotatable bonds is 6. The van der Waals surface area contributed by atoms with Crippen LogP contribution in [0.2, 0.25) is 0 Å². The third-order valence-corrected chi connectivity index (χ3v) is 4.42. The van der Waals surface area contributed by atoms with Gasteiger partial charge in [-0.2, -0.15) is 0 Å². The monoisotopic (exact) mass is 316 g/mol. The van der Waals surface area contributed by atoms with Crippen LogP contribution in [-0.2, 0) is 4.79 Å². The maximum absolute atomic E-state index is 12.6. The maximum atomic E-state index is 12.6. The lowest BCUT2D eigenvalue weighted by atomic mass is 10.0. The van der Waals surface area contributed by atoms with Crippen LogP contribution < -0.4 is 10.6 Å². The minimum absolute atomic E-state index is 0.0486. The average molecular weight is 316 g/mol. The highest BCUT2D eigenvalue weighted by atomic mass is 16.2. The van der Waals surface area contributed by atoms with Crippen LogP contribution in [0.3, 0.4) is 0 Å². The summed E-state index contributed by atoms with van der Waals surface area (Å²) in [6, 6.07) is 7.26. The van der Waals surface area contributed by atoms with Crippen molar-refractivity contribution in [3.05, 3.63) is 35.4 Å². The average Bonchev–Trinajstić information content (AvgIpc) is 2.99. The van der Waals surface area contributed by atoms with E-state index < -0.39 is 6.04 Å². The summed E-state index contributed by atoms with van der Waals surface area (Å²) in [4.78, 5) is 25.1. The van der Waals surface area contributed by atoms with Gasteiger partial charge in [0.2, 0.25) is 5.91 Å². The molecule has 1 atom stereocenters. The van der Waals surface area contributed by atoms with Crippen LogP contribution in [0.15, 0.2) is 24.3 Å². The summed E-state index contributed by atoms with van der Waals surface area (Å²) in [6.45, 7) is 6.04. The molecule has 1 aliphatic carbocycles. The first kappa shape index (κ1) is 17.5. The van der Waals surface area contributed by atoms with Gasteiger partial charge in [0.05, 0.1) is 0 Å². The Bertz CT molecular complexity index is 548. The molecule has 4 heteroatoms. The predicted octanol–water partition coefficient (Wildman–Crippen LogP) is 3.20. The third-order valence-electron chi connectivity index (χ3n) is 4.42. The standard InChI is InChI=1S/C19H28N2O2/c1-13(2)12-17(19(23)20-15-9-5-6-10-15)21-18(22)16-11-7-4-8-14(16)3/h4,7-8,11,13,15,17H,5-6,9-10,12H2,1-3H3,(H,20,23)(H,21,22). The smallest absolute Gasteiger partial charge is 0.252 e. The van der Waals surface area contributed by atoms with Crippen LogP contribution in [-0.4, -0.2) is 23.9 Å². The fraction of sp³-hybridized carbons (Fsp3) is 0.579. The quantitative estimate of drug-likeness (QED) is 0.847. The Labute approximate surface area is 139 Å². The first-order valence-electron chi connectivity index (χ1n) is 8.64. The van der Waals surface area contributed by atoms with E-state index in [1.165, 1.54) is 12.8 Å². The highest BCUT2D eigenvalue weighted by Gasteiger charge is 2.26. The zero-order valence-electron chi connectivity index (χ0n) is 14.4. The van der Waals surface area contributed by atoms with Gasteiger partial charge in [-0.1, -0.05) is 44.9 Å². The fourth-order valence-electron chi connectivity index (χ4n) is 3.14. The number of hydrogen-bond acceptors (Lipinski definition) is 2. The van der Waals surface area contributed by atoms with E-state index in [1.807, 2.05) is 25.1 Å². The first-order chi connectivity index (χ1) is 11.0. The Morgan fingerprint density at radius 2 is 1.83 bits per heavy atom.